The predicted molar refractivity (Wildman–Crippen MR) is 99.3 cm³/mol. The molecule has 7 heteroatoms. The molecule has 144 valence electrons. The van der Waals surface area contributed by atoms with Crippen molar-refractivity contribution < 1.29 is 28.9 Å². The second kappa shape index (κ2) is 10.2. The van der Waals surface area contributed by atoms with Crippen molar-refractivity contribution in [3.63, 3.8) is 0 Å². The molecule has 2 N–H and O–H groups in total. The Balaban J connectivity index is 2.00. The fourth-order valence-electron chi connectivity index (χ4n) is 2.37. The highest BCUT2D eigenvalue weighted by Gasteiger charge is 2.15. The number of amides is 1. The van der Waals surface area contributed by atoms with Crippen molar-refractivity contribution in [1.29, 1.82) is 0 Å². The van der Waals surface area contributed by atoms with Crippen molar-refractivity contribution >= 4 is 11.9 Å². The van der Waals surface area contributed by atoms with Crippen LogP contribution in [0.4, 0.5) is 0 Å². The molecule has 27 heavy (non-hydrogen) atoms. The number of para-hydroxylation sites is 1. The van der Waals surface area contributed by atoms with E-state index in [0.29, 0.717) is 30.3 Å². The SMILES string of the molecule is COCCOc1ccccc1C(=O)NC(C)c1ccc(OCC(=O)O)cc1. The van der Waals surface area contributed by atoms with Gasteiger partial charge in [0.1, 0.15) is 18.1 Å². The summed E-state index contributed by atoms with van der Waals surface area (Å²) >= 11 is 0. The maximum Gasteiger partial charge on any atom is 0.341 e. The summed E-state index contributed by atoms with van der Waals surface area (Å²) in [5.74, 6) is -0.332. The van der Waals surface area contributed by atoms with Crippen LogP contribution in [0.1, 0.15) is 28.9 Å². The summed E-state index contributed by atoms with van der Waals surface area (Å²) in [4.78, 5) is 23.1. The van der Waals surface area contributed by atoms with E-state index in [1.54, 1.807) is 55.6 Å². The Kier molecular flexibility index (Phi) is 7.63. The zero-order valence-corrected chi connectivity index (χ0v) is 15.3. The van der Waals surface area contributed by atoms with Gasteiger partial charge in [-0.25, -0.2) is 4.79 Å². The lowest BCUT2D eigenvalue weighted by Gasteiger charge is -2.17. The van der Waals surface area contributed by atoms with Crippen molar-refractivity contribution in [3.8, 4) is 11.5 Å². The van der Waals surface area contributed by atoms with Gasteiger partial charge in [0.2, 0.25) is 0 Å². The standard InChI is InChI=1S/C20H23NO6/c1-14(15-7-9-16(10-8-15)27-13-19(22)23)21-20(24)17-5-3-4-6-18(17)26-12-11-25-2/h3-10,14H,11-13H2,1-2H3,(H,21,24)(H,22,23). The normalized spacial score (nSPS) is 11.5. The number of rotatable bonds is 10. The number of carboxylic acids is 1. The zero-order valence-electron chi connectivity index (χ0n) is 15.3. The number of carbonyl (C=O) groups is 2. The predicted octanol–water partition coefficient (Wildman–Crippen LogP) is 2.67. The maximum absolute atomic E-state index is 12.6. The summed E-state index contributed by atoms with van der Waals surface area (Å²) in [7, 11) is 1.58. The lowest BCUT2D eigenvalue weighted by Crippen LogP contribution is -2.27. The molecular formula is C20H23NO6. The van der Waals surface area contributed by atoms with Gasteiger partial charge in [0, 0.05) is 7.11 Å². The molecule has 2 aromatic rings. The molecule has 2 aromatic carbocycles. The summed E-state index contributed by atoms with van der Waals surface area (Å²) in [5, 5.41) is 11.6. The van der Waals surface area contributed by atoms with Gasteiger partial charge in [0.05, 0.1) is 18.2 Å². The number of hydrogen-bond donors (Lipinski definition) is 2. The molecule has 0 aromatic heterocycles. The van der Waals surface area contributed by atoms with Crippen LogP contribution in [0.15, 0.2) is 48.5 Å². The quantitative estimate of drug-likeness (QED) is 0.622. The van der Waals surface area contributed by atoms with Crippen molar-refractivity contribution in [2.75, 3.05) is 26.9 Å². The van der Waals surface area contributed by atoms with Crippen molar-refractivity contribution in [1.82, 2.24) is 5.32 Å². The molecule has 0 aliphatic heterocycles. The molecule has 0 spiro atoms. The highest BCUT2D eigenvalue weighted by molar-refractivity contribution is 5.97. The van der Waals surface area contributed by atoms with Crippen LogP contribution in [0.25, 0.3) is 0 Å². The molecule has 0 heterocycles. The van der Waals surface area contributed by atoms with E-state index in [4.69, 9.17) is 19.3 Å². The Morgan fingerprint density at radius 1 is 1.04 bits per heavy atom. The molecule has 1 atom stereocenters. The first kappa shape index (κ1) is 20.3. The van der Waals surface area contributed by atoms with E-state index in [1.165, 1.54) is 0 Å². The van der Waals surface area contributed by atoms with E-state index in [-0.39, 0.29) is 11.9 Å². The van der Waals surface area contributed by atoms with E-state index in [0.717, 1.165) is 5.56 Å². The van der Waals surface area contributed by atoms with Gasteiger partial charge in [-0.3, -0.25) is 4.79 Å². The van der Waals surface area contributed by atoms with Gasteiger partial charge in [-0.2, -0.15) is 0 Å². The van der Waals surface area contributed by atoms with Crippen LogP contribution >= 0.6 is 0 Å². The number of benzene rings is 2. The number of carboxylic acid groups (broad SMARTS) is 1. The third-order valence-corrected chi connectivity index (χ3v) is 3.77. The average molecular weight is 373 g/mol. The number of ether oxygens (including phenoxy) is 3. The van der Waals surface area contributed by atoms with Crippen molar-refractivity contribution in [2.24, 2.45) is 0 Å². The first-order chi connectivity index (χ1) is 13.0. The van der Waals surface area contributed by atoms with Crippen molar-refractivity contribution in [2.45, 2.75) is 13.0 Å². The van der Waals surface area contributed by atoms with Crippen LogP contribution < -0.4 is 14.8 Å². The minimum atomic E-state index is -1.04. The van der Waals surface area contributed by atoms with Crippen LogP contribution in [-0.4, -0.2) is 43.9 Å². The Bertz CT molecular complexity index is 759. The van der Waals surface area contributed by atoms with Gasteiger partial charge in [-0.05, 0) is 36.8 Å². The van der Waals surface area contributed by atoms with Gasteiger partial charge >= 0.3 is 5.97 Å². The molecule has 0 aliphatic carbocycles. The summed E-state index contributed by atoms with van der Waals surface area (Å²) in [5.41, 5.74) is 1.31. The number of nitrogens with one attached hydrogen (secondary N) is 1. The van der Waals surface area contributed by atoms with Gasteiger partial charge in [-0.15, -0.1) is 0 Å². The van der Waals surface area contributed by atoms with Crippen LogP contribution in [0.3, 0.4) is 0 Å². The minimum absolute atomic E-state index is 0.248. The monoisotopic (exact) mass is 373 g/mol. The molecule has 2 rings (SSSR count). The first-order valence-electron chi connectivity index (χ1n) is 8.47. The van der Waals surface area contributed by atoms with E-state index >= 15 is 0 Å². The second-order valence-corrected chi connectivity index (χ2v) is 5.78. The fourth-order valence-corrected chi connectivity index (χ4v) is 2.37. The maximum atomic E-state index is 12.6. The lowest BCUT2D eigenvalue weighted by molar-refractivity contribution is -0.139. The fraction of sp³-hybridized carbons (Fsp3) is 0.300. The van der Waals surface area contributed by atoms with Gasteiger partial charge in [-0.1, -0.05) is 24.3 Å². The van der Waals surface area contributed by atoms with E-state index in [9.17, 15) is 9.59 Å². The Morgan fingerprint density at radius 2 is 1.74 bits per heavy atom. The van der Waals surface area contributed by atoms with Gasteiger partial charge in [0.25, 0.3) is 5.91 Å². The highest BCUT2D eigenvalue weighted by Crippen LogP contribution is 2.21. The van der Waals surface area contributed by atoms with Crippen LogP contribution in [-0.2, 0) is 9.53 Å². The largest absolute Gasteiger partial charge is 0.490 e. The Hall–Kier alpha value is -3.06. The van der Waals surface area contributed by atoms with E-state index in [1.807, 2.05) is 6.92 Å². The summed E-state index contributed by atoms with van der Waals surface area (Å²) in [6.45, 7) is 2.25. The Morgan fingerprint density at radius 3 is 2.41 bits per heavy atom. The van der Waals surface area contributed by atoms with Gasteiger partial charge < -0.3 is 24.6 Å². The Labute approximate surface area is 157 Å². The molecule has 1 unspecified atom stereocenters. The van der Waals surface area contributed by atoms with Crippen LogP contribution in [0, 0.1) is 0 Å². The van der Waals surface area contributed by atoms with Crippen molar-refractivity contribution in [3.05, 3.63) is 59.7 Å². The molecule has 0 saturated carbocycles. The van der Waals surface area contributed by atoms with E-state index in [2.05, 4.69) is 5.32 Å². The molecule has 0 radical (unpaired) electrons. The minimum Gasteiger partial charge on any atom is -0.490 e. The third-order valence-electron chi connectivity index (χ3n) is 3.77. The number of methoxy groups -OCH3 is 1. The topological polar surface area (TPSA) is 94.1 Å². The lowest BCUT2D eigenvalue weighted by atomic mass is 10.1. The summed E-state index contributed by atoms with van der Waals surface area (Å²) in [6.07, 6.45) is 0. The average Bonchev–Trinajstić information content (AvgIpc) is 2.67. The number of carbonyl (C=O) groups excluding carboxylic acids is 1. The molecule has 0 bridgehead atoms. The van der Waals surface area contributed by atoms with Crippen LogP contribution in [0.5, 0.6) is 11.5 Å². The molecule has 0 saturated heterocycles. The number of aliphatic carboxylic acids is 1. The number of hydrogen-bond acceptors (Lipinski definition) is 5. The molecule has 1 amide bonds. The van der Waals surface area contributed by atoms with E-state index < -0.39 is 12.6 Å². The summed E-state index contributed by atoms with van der Waals surface area (Å²) in [6, 6.07) is 13.7. The third kappa shape index (κ3) is 6.31. The molecule has 0 aliphatic rings. The van der Waals surface area contributed by atoms with Crippen LogP contribution in [0.2, 0.25) is 0 Å². The summed E-state index contributed by atoms with van der Waals surface area (Å²) < 4.78 is 15.7. The molecule has 7 nitrogen and oxygen atoms in total. The zero-order chi connectivity index (χ0) is 19.6. The van der Waals surface area contributed by atoms with Gasteiger partial charge in [0.15, 0.2) is 6.61 Å². The molecular weight excluding hydrogens is 350 g/mol. The highest BCUT2D eigenvalue weighted by atomic mass is 16.5. The smallest absolute Gasteiger partial charge is 0.341 e. The first-order valence-corrected chi connectivity index (χ1v) is 8.47. The second-order valence-electron chi connectivity index (χ2n) is 5.78. The molecule has 0 fully saturated rings.